The summed E-state index contributed by atoms with van der Waals surface area (Å²) in [6.07, 6.45) is 0. The number of thiophene rings is 1. The van der Waals surface area contributed by atoms with E-state index >= 15 is 0 Å². The van der Waals surface area contributed by atoms with Crippen LogP contribution in [-0.4, -0.2) is 35.1 Å². The highest BCUT2D eigenvalue weighted by molar-refractivity contribution is 7.91. The molecule has 0 radical (unpaired) electrons. The van der Waals surface area contributed by atoms with E-state index in [4.69, 9.17) is 9.47 Å². The van der Waals surface area contributed by atoms with Crippen molar-refractivity contribution in [1.82, 2.24) is 5.32 Å². The van der Waals surface area contributed by atoms with Crippen LogP contribution in [0.25, 0.3) is 0 Å². The van der Waals surface area contributed by atoms with Gasteiger partial charge in [0, 0.05) is 11.4 Å². The van der Waals surface area contributed by atoms with E-state index < -0.39 is 26.8 Å². The predicted octanol–water partition coefficient (Wildman–Crippen LogP) is 4.16. The number of amides is 1. The van der Waals surface area contributed by atoms with Gasteiger partial charge in [0.05, 0.1) is 19.1 Å². The zero-order chi connectivity index (χ0) is 22.6. The Morgan fingerprint density at radius 2 is 1.77 bits per heavy atom. The van der Waals surface area contributed by atoms with E-state index in [1.807, 2.05) is 0 Å². The molecule has 9 heteroatoms. The molecule has 1 amide bonds. The Morgan fingerprint density at radius 1 is 1.10 bits per heavy atom. The Labute approximate surface area is 184 Å². The number of aryl methyl sites for hydroxylation is 1. The van der Waals surface area contributed by atoms with Crippen molar-refractivity contribution in [2.45, 2.75) is 17.1 Å². The van der Waals surface area contributed by atoms with Crippen molar-refractivity contribution in [1.29, 1.82) is 0 Å². The first kappa shape index (κ1) is 22.8. The van der Waals surface area contributed by atoms with Gasteiger partial charge in [0.2, 0.25) is 0 Å². The summed E-state index contributed by atoms with van der Waals surface area (Å²) < 4.78 is 50.9. The first-order chi connectivity index (χ1) is 14.8. The van der Waals surface area contributed by atoms with Gasteiger partial charge in [0.15, 0.2) is 9.84 Å². The Hall–Kier alpha value is -2.91. The van der Waals surface area contributed by atoms with Crippen LogP contribution < -0.4 is 14.8 Å². The Bertz CT molecular complexity index is 1150. The summed E-state index contributed by atoms with van der Waals surface area (Å²) in [5.74, 6) is -0.396. The topological polar surface area (TPSA) is 81.7 Å². The SMILES string of the molecule is COc1cccc(OC)c1C(=O)NC[C@H](c1cccs1)S(=O)(=O)c1ccc(F)c(C)c1. The monoisotopic (exact) mass is 463 g/mol. The van der Waals surface area contributed by atoms with Gasteiger partial charge in [-0.15, -0.1) is 11.3 Å². The molecular weight excluding hydrogens is 441 g/mol. The van der Waals surface area contributed by atoms with Crippen LogP contribution >= 0.6 is 11.3 Å². The Morgan fingerprint density at radius 3 is 2.32 bits per heavy atom. The predicted molar refractivity (Wildman–Crippen MR) is 117 cm³/mol. The fraction of sp³-hybridized carbons (Fsp3) is 0.227. The second kappa shape index (κ2) is 9.49. The third-order valence-electron chi connectivity index (χ3n) is 4.80. The Kier molecular flexibility index (Phi) is 6.97. The van der Waals surface area contributed by atoms with Crippen LogP contribution in [0.4, 0.5) is 4.39 Å². The number of halogens is 1. The summed E-state index contributed by atoms with van der Waals surface area (Å²) in [6.45, 7) is 1.32. The van der Waals surface area contributed by atoms with Gasteiger partial charge in [-0.05, 0) is 54.3 Å². The van der Waals surface area contributed by atoms with E-state index in [1.165, 1.54) is 44.6 Å². The molecule has 0 aliphatic rings. The summed E-state index contributed by atoms with van der Waals surface area (Å²) in [5, 5.41) is 3.42. The summed E-state index contributed by atoms with van der Waals surface area (Å²) in [4.78, 5) is 13.5. The highest BCUT2D eigenvalue weighted by atomic mass is 32.2. The van der Waals surface area contributed by atoms with Gasteiger partial charge in [-0.25, -0.2) is 12.8 Å². The molecule has 164 valence electrons. The maximum absolute atomic E-state index is 13.7. The van der Waals surface area contributed by atoms with E-state index in [-0.39, 0.29) is 22.6 Å². The Balaban J connectivity index is 1.94. The smallest absolute Gasteiger partial charge is 0.258 e. The fourth-order valence-corrected chi connectivity index (χ4v) is 6.01. The average molecular weight is 464 g/mol. The molecule has 1 N–H and O–H groups in total. The van der Waals surface area contributed by atoms with Crippen LogP contribution in [0.2, 0.25) is 0 Å². The minimum absolute atomic E-state index is 0.00563. The van der Waals surface area contributed by atoms with Crippen LogP contribution in [0.1, 0.15) is 26.0 Å². The first-order valence-electron chi connectivity index (χ1n) is 9.32. The zero-order valence-electron chi connectivity index (χ0n) is 17.2. The minimum atomic E-state index is -3.91. The lowest BCUT2D eigenvalue weighted by atomic mass is 10.1. The summed E-state index contributed by atoms with van der Waals surface area (Å²) in [7, 11) is -1.04. The standard InChI is InChI=1S/C22H22FNO5S2/c1-14-12-15(9-10-16(14)23)31(26,27)20(19-8-5-11-30-19)13-24-22(25)21-17(28-2)6-4-7-18(21)29-3/h4-12,20H,13H2,1-3H3,(H,24,25)/t20-/m1/s1. The van der Waals surface area contributed by atoms with Crippen molar-refractivity contribution in [3.05, 3.63) is 75.7 Å². The minimum Gasteiger partial charge on any atom is -0.496 e. The molecule has 31 heavy (non-hydrogen) atoms. The molecule has 0 unspecified atom stereocenters. The molecule has 0 saturated heterocycles. The molecule has 1 aromatic heterocycles. The van der Waals surface area contributed by atoms with E-state index in [1.54, 1.807) is 35.7 Å². The lowest BCUT2D eigenvalue weighted by Crippen LogP contribution is -2.32. The van der Waals surface area contributed by atoms with Crippen molar-refractivity contribution in [3.8, 4) is 11.5 Å². The number of nitrogens with one attached hydrogen (secondary N) is 1. The summed E-state index contributed by atoms with van der Waals surface area (Å²) in [5.41, 5.74) is 0.404. The number of carbonyl (C=O) groups excluding carboxylic acids is 1. The summed E-state index contributed by atoms with van der Waals surface area (Å²) >= 11 is 1.27. The molecule has 0 saturated carbocycles. The molecule has 0 aliphatic heterocycles. The van der Waals surface area contributed by atoms with Crippen LogP contribution in [0.3, 0.4) is 0 Å². The van der Waals surface area contributed by atoms with Crippen LogP contribution in [0, 0.1) is 12.7 Å². The third kappa shape index (κ3) is 4.72. The van der Waals surface area contributed by atoms with Gasteiger partial charge >= 0.3 is 0 Å². The molecule has 0 bridgehead atoms. The second-order valence-corrected chi connectivity index (χ2v) is 9.82. The number of hydrogen-bond acceptors (Lipinski definition) is 6. The number of ether oxygens (including phenoxy) is 2. The average Bonchev–Trinajstić information content (AvgIpc) is 3.29. The molecule has 6 nitrogen and oxygen atoms in total. The molecule has 1 heterocycles. The van der Waals surface area contributed by atoms with Crippen molar-refractivity contribution in [2.24, 2.45) is 0 Å². The van der Waals surface area contributed by atoms with Crippen molar-refractivity contribution < 1.29 is 27.1 Å². The summed E-state index contributed by atoms with van der Waals surface area (Å²) in [6, 6.07) is 12.0. The zero-order valence-corrected chi connectivity index (χ0v) is 18.8. The van der Waals surface area contributed by atoms with Crippen LogP contribution in [-0.2, 0) is 9.84 Å². The molecule has 0 spiro atoms. The van der Waals surface area contributed by atoms with Crippen molar-refractivity contribution >= 4 is 27.1 Å². The van der Waals surface area contributed by atoms with Gasteiger partial charge in [-0.2, -0.15) is 0 Å². The number of benzene rings is 2. The lowest BCUT2D eigenvalue weighted by Gasteiger charge is -2.19. The van der Waals surface area contributed by atoms with E-state index in [0.717, 1.165) is 6.07 Å². The van der Waals surface area contributed by atoms with E-state index in [0.29, 0.717) is 16.4 Å². The van der Waals surface area contributed by atoms with Gasteiger partial charge in [0.1, 0.15) is 28.1 Å². The van der Waals surface area contributed by atoms with Gasteiger partial charge in [0.25, 0.3) is 5.91 Å². The maximum Gasteiger partial charge on any atom is 0.258 e. The molecule has 2 aromatic carbocycles. The molecule has 1 atom stereocenters. The highest BCUT2D eigenvalue weighted by Gasteiger charge is 2.31. The number of sulfone groups is 1. The molecule has 3 aromatic rings. The third-order valence-corrected chi connectivity index (χ3v) is 8.01. The van der Waals surface area contributed by atoms with Crippen LogP contribution in [0.5, 0.6) is 11.5 Å². The fourth-order valence-electron chi connectivity index (χ4n) is 3.14. The second-order valence-electron chi connectivity index (χ2n) is 6.71. The van der Waals surface area contributed by atoms with Gasteiger partial charge < -0.3 is 14.8 Å². The van der Waals surface area contributed by atoms with E-state index in [2.05, 4.69) is 5.32 Å². The quantitative estimate of drug-likeness (QED) is 0.508. The molecule has 0 aliphatic carbocycles. The lowest BCUT2D eigenvalue weighted by molar-refractivity contribution is 0.0947. The first-order valence-corrected chi connectivity index (χ1v) is 11.7. The van der Waals surface area contributed by atoms with Crippen LogP contribution in [0.15, 0.2) is 58.8 Å². The number of hydrogen-bond donors (Lipinski definition) is 1. The number of carbonyl (C=O) groups is 1. The maximum atomic E-state index is 13.7. The van der Waals surface area contributed by atoms with E-state index in [9.17, 15) is 17.6 Å². The van der Waals surface area contributed by atoms with Crippen molar-refractivity contribution in [3.63, 3.8) is 0 Å². The van der Waals surface area contributed by atoms with Gasteiger partial charge in [-0.1, -0.05) is 12.1 Å². The number of rotatable bonds is 8. The largest absolute Gasteiger partial charge is 0.496 e. The van der Waals surface area contributed by atoms with Crippen molar-refractivity contribution in [2.75, 3.05) is 20.8 Å². The molecule has 3 rings (SSSR count). The number of methoxy groups -OCH3 is 2. The molecule has 0 fully saturated rings. The molecular formula is C22H22FNO5S2. The van der Waals surface area contributed by atoms with Gasteiger partial charge in [-0.3, -0.25) is 4.79 Å². The highest BCUT2D eigenvalue weighted by Crippen LogP contribution is 2.33. The normalized spacial score (nSPS) is 12.3.